The van der Waals surface area contributed by atoms with Gasteiger partial charge in [0.05, 0.1) is 6.61 Å². The summed E-state index contributed by atoms with van der Waals surface area (Å²) in [6, 6.07) is 10.3. The molecule has 1 aliphatic rings. The molecule has 1 fully saturated rings. The second-order valence-corrected chi connectivity index (χ2v) is 7.85. The minimum atomic E-state index is -0.454. The highest BCUT2D eigenvalue weighted by Gasteiger charge is 2.32. The van der Waals surface area contributed by atoms with Crippen molar-refractivity contribution in [1.82, 2.24) is 10.2 Å². The van der Waals surface area contributed by atoms with Crippen molar-refractivity contribution in [3.63, 3.8) is 0 Å². The van der Waals surface area contributed by atoms with Gasteiger partial charge in [-0.2, -0.15) is 0 Å². The van der Waals surface area contributed by atoms with E-state index in [1.807, 2.05) is 38.1 Å². The van der Waals surface area contributed by atoms with E-state index in [1.54, 1.807) is 25.1 Å². The number of imide groups is 1. The lowest BCUT2D eigenvalue weighted by molar-refractivity contribution is -0.122. The van der Waals surface area contributed by atoms with Crippen molar-refractivity contribution in [3.05, 3.63) is 57.7 Å². The number of carbonyl (C=O) groups excluding carboxylic acids is 3. The Morgan fingerprint density at radius 1 is 1.12 bits per heavy atom. The van der Waals surface area contributed by atoms with E-state index in [-0.39, 0.29) is 24.8 Å². The van der Waals surface area contributed by atoms with Crippen LogP contribution in [0.4, 0.5) is 10.5 Å². The van der Waals surface area contributed by atoms with Crippen LogP contribution in [0.2, 0.25) is 0 Å². The van der Waals surface area contributed by atoms with E-state index in [0.29, 0.717) is 33.8 Å². The number of likely N-dealkylation sites (N-methyl/N-ethyl adjacent to an activating group) is 1. The van der Waals surface area contributed by atoms with Gasteiger partial charge in [-0.1, -0.05) is 33.6 Å². The Kier molecular flexibility index (Phi) is 7.53. The number of amides is 4. The molecule has 1 heterocycles. The van der Waals surface area contributed by atoms with Crippen LogP contribution in [0.15, 0.2) is 46.6 Å². The number of nitrogens with zero attached hydrogens (tertiary/aromatic N) is 1. The number of carbonyl (C=O) groups is 3. The molecule has 1 saturated heterocycles. The van der Waals surface area contributed by atoms with E-state index in [0.717, 1.165) is 10.5 Å². The molecule has 32 heavy (non-hydrogen) atoms. The monoisotopic (exact) mass is 501 g/mol. The summed E-state index contributed by atoms with van der Waals surface area (Å²) < 4.78 is 12.0. The van der Waals surface area contributed by atoms with Gasteiger partial charge in [0.2, 0.25) is 0 Å². The lowest BCUT2D eigenvalue weighted by atomic mass is 10.1. The fraction of sp³-hybridized carbons (Fsp3) is 0.261. The van der Waals surface area contributed by atoms with Crippen molar-refractivity contribution in [1.29, 1.82) is 0 Å². The van der Waals surface area contributed by atoms with Crippen LogP contribution in [0.25, 0.3) is 6.08 Å². The van der Waals surface area contributed by atoms with Gasteiger partial charge in [0.1, 0.15) is 5.70 Å². The molecule has 0 saturated carbocycles. The molecule has 0 atom stereocenters. The number of anilines is 1. The van der Waals surface area contributed by atoms with Crippen LogP contribution in [-0.2, 0) is 9.59 Å². The number of halogens is 1. The first-order valence-corrected chi connectivity index (χ1v) is 10.9. The Bertz CT molecular complexity index is 1070. The predicted octanol–water partition coefficient (Wildman–Crippen LogP) is 4.09. The molecule has 168 valence electrons. The normalized spacial score (nSPS) is 14.5. The van der Waals surface area contributed by atoms with E-state index in [1.165, 1.54) is 0 Å². The summed E-state index contributed by atoms with van der Waals surface area (Å²) in [6.45, 7) is 5.98. The zero-order valence-corrected chi connectivity index (χ0v) is 19.6. The summed E-state index contributed by atoms with van der Waals surface area (Å²) in [5, 5.41) is 5.34. The Morgan fingerprint density at radius 3 is 2.44 bits per heavy atom. The van der Waals surface area contributed by atoms with Crippen LogP contribution in [0.1, 0.15) is 25.0 Å². The second kappa shape index (κ2) is 10.3. The van der Waals surface area contributed by atoms with Crippen molar-refractivity contribution in [2.24, 2.45) is 0 Å². The smallest absolute Gasteiger partial charge is 0.328 e. The van der Waals surface area contributed by atoms with Gasteiger partial charge < -0.3 is 20.1 Å². The van der Waals surface area contributed by atoms with E-state index in [4.69, 9.17) is 9.47 Å². The molecule has 3 rings (SSSR count). The van der Waals surface area contributed by atoms with Crippen LogP contribution in [0, 0.1) is 6.92 Å². The minimum absolute atomic E-state index is 0.172. The van der Waals surface area contributed by atoms with Gasteiger partial charge in [0, 0.05) is 16.7 Å². The molecule has 4 amide bonds. The molecule has 1 aliphatic heterocycles. The molecular formula is C23H24BrN3O5. The summed E-state index contributed by atoms with van der Waals surface area (Å²) in [7, 11) is 0. The van der Waals surface area contributed by atoms with E-state index in [2.05, 4.69) is 26.6 Å². The lowest BCUT2D eigenvalue weighted by Crippen LogP contribution is -2.30. The summed E-state index contributed by atoms with van der Waals surface area (Å²) in [5.74, 6) is 0.0831. The molecule has 0 spiro atoms. The van der Waals surface area contributed by atoms with Crippen molar-refractivity contribution >= 4 is 45.5 Å². The van der Waals surface area contributed by atoms with E-state index in [9.17, 15) is 14.4 Å². The van der Waals surface area contributed by atoms with Crippen LogP contribution >= 0.6 is 15.9 Å². The molecule has 0 radical (unpaired) electrons. The minimum Gasteiger partial charge on any atom is -0.490 e. The van der Waals surface area contributed by atoms with Crippen molar-refractivity contribution in [2.45, 2.75) is 20.8 Å². The number of hydrogen-bond donors (Lipinski definition) is 2. The van der Waals surface area contributed by atoms with Crippen molar-refractivity contribution in [3.8, 4) is 11.5 Å². The predicted molar refractivity (Wildman–Crippen MR) is 125 cm³/mol. The zero-order chi connectivity index (χ0) is 23.3. The number of rotatable bonds is 8. The molecule has 8 nitrogen and oxygen atoms in total. The number of hydrogen-bond acceptors (Lipinski definition) is 5. The number of ether oxygens (including phenoxy) is 2. The Hall–Kier alpha value is -3.33. The third-order valence-corrected chi connectivity index (χ3v) is 5.32. The van der Waals surface area contributed by atoms with Gasteiger partial charge in [-0.25, -0.2) is 4.79 Å². The maximum Gasteiger partial charge on any atom is 0.328 e. The van der Waals surface area contributed by atoms with Gasteiger partial charge in [-0.15, -0.1) is 0 Å². The topological polar surface area (TPSA) is 97.0 Å². The van der Waals surface area contributed by atoms with Crippen LogP contribution in [-0.4, -0.2) is 42.5 Å². The van der Waals surface area contributed by atoms with Gasteiger partial charge >= 0.3 is 6.03 Å². The third kappa shape index (κ3) is 5.47. The molecule has 0 aliphatic carbocycles. The average molecular weight is 502 g/mol. The largest absolute Gasteiger partial charge is 0.490 e. The number of urea groups is 1. The van der Waals surface area contributed by atoms with Crippen LogP contribution in [0.5, 0.6) is 11.5 Å². The van der Waals surface area contributed by atoms with E-state index >= 15 is 0 Å². The summed E-state index contributed by atoms with van der Waals surface area (Å²) in [4.78, 5) is 37.6. The lowest BCUT2D eigenvalue weighted by Gasteiger charge is -2.14. The van der Waals surface area contributed by atoms with Gasteiger partial charge in [0.25, 0.3) is 11.8 Å². The first-order chi connectivity index (χ1) is 15.3. The van der Waals surface area contributed by atoms with Crippen LogP contribution < -0.4 is 20.1 Å². The number of aryl methyl sites for hydroxylation is 1. The average Bonchev–Trinajstić information content (AvgIpc) is 3.03. The van der Waals surface area contributed by atoms with Gasteiger partial charge in [-0.05, 0) is 56.7 Å². The maximum atomic E-state index is 12.3. The second-order valence-electron chi connectivity index (χ2n) is 6.99. The highest BCUT2D eigenvalue weighted by Crippen LogP contribution is 2.35. The van der Waals surface area contributed by atoms with E-state index < -0.39 is 11.9 Å². The first-order valence-electron chi connectivity index (χ1n) is 10.1. The third-order valence-electron chi connectivity index (χ3n) is 4.64. The Labute approximate surface area is 194 Å². The highest BCUT2D eigenvalue weighted by molar-refractivity contribution is 9.10. The van der Waals surface area contributed by atoms with Gasteiger partial charge in [-0.3, -0.25) is 14.5 Å². The molecule has 0 aromatic heterocycles. The molecule has 2 aromatic carbocycles. The summed E-state index contributed by atoms with van der Waals surface area (Å²) in [6.07, 6.45) is 1.57. The molecule has 0 unspecified atom stereocenters. The molecule has 2 N–H and O–H groups in total. The summed E-state index contributed by atoms with van der Waals surface area (Å²) in [5.41, 5.74) is 2.57. The molecular weight excluding hydrogens is 478 g/mol. The standard InChI is InChI=1S/C23H24BrN3O5/c1-4-27-22(29)18(26-23(27)30)10-15-11-19(31-5-2)20(12-17(15)24)32-13-21(28)25-16-8-6-14(3)7-9-16/h6-12H,4-5,13H2,1-3H3,(H,25,28)(H,26,30)/b18-10+. The van der Waals surface area contributed by atoms with Crippen molar-refractivity contribution in [2.75, 3.05) is 25.1 Å². The first kappa shape index (κ1) is 23.3. The van der Waals surface area contributed by atoms with Gasteiger partial charge in [0.15, 0.2) is 18.1 Å². The summed E-state index contributed by atoms with van der Waals surface area (Å²) >= 11 is 3.46. The zero-order valence-electron chi connectivity index (χ0n) is 18.0. The Morgan fingerprint density at radius 2 is 1.81 bits per heavy atom. The fourth-order valence-electron chi connectivity index (χ4n) is 3.03. The molecule has 2 aromatic rings. The van der Waals surface area contributed by atoms with Crippen molar-refractivity contribution < 1.29 is 23.9 Å². The number of nitrogens with one attached hydrogen (secondary N) is 2. The number of benzene rings is 2. The molecule has 9 heteroatoms. The quantitative estimate of drug-likeness (QED) is 0.419. The van der Waals surface area contributed by atoms with Crippen LogP contribution in [0.3, 0.4) is 0 Å². The maximum absolute atomic E-state index is 12.3. The highest BCUT2D eigenvalue weighted by atomic mass is 79.9. The fourth-order valence-corrected chi connectivity index (χ4v) is 3.47. The Balaban J connectivity index is 1.76. The molecule has 0 bridgehead atoms. The SMILES string of the molecule is CCOc1cc(/C=C2/NC(=O)N(CC)C2=O)c(Br)cc1OCC(=O)Nc1ccc(C)cc1.